The summed E-state index contributed by atoms with van der Waals surface area (Å²) < 4.78 is 0. The molecule has 0 spiro atoms. The third-order valence-corrected chi connectivity index (χ3v) is 2.84. The predicted molar refractivity (Wildman–Crippen MR) is 74.5 cm³/mol. The van der Waals surface area contributed by atoms with E-state index >= 15 is 0 Å². The van der Waals surface area contributed by atoms with E-state index in [0.29, 0.717) is 17.3 Å². The summed E-state index contributed by atoms with van der Waals surface area (Å²) in [4.78, 5) is 14.5. The highest BCUT2D eigenvalue weighted by Crippen LogP contribution is 2.27. The maximum atomic E-state index is 10.9. The first-order chi connectivity index (χ1) is 9.16. The van der Waals surface area contributed by atoms with Gasteiger partial charge in [0.2, 0.25) is 0 Å². The number of hydrogen-bond acceptors (Lipinski definition) is 4. The van der Waals surface area contributed by atoms with Gasteiger partial charge in [0.1, 0.15) is 5.69 Å². The number of pyridine rings is 1. The van der Waals surface area contributed by atoms with E-state index in [0.717, 1.165) is 12.0 Å². The van der Waals surface area contributed by atoms with E-state index in [9.17, 15) is 10.1 Å². The molecule has 19 heavy (non-hydrogen) atoms. The molecule has 1 aromatic heterocycles. The van der Waals surface area contributed by atoms with Crippen LogP contribution in [0.4, 0.5) is 11.4 Å². The van der Waals surface area contributed by atoms with Crippen LogP contribution in [0.2, 0.25) is 5.02 Å². The van der Waals surface area contributed by atoms with E-state index in [2.05, 4.69) is 10.3 Å². The first-order valence-electron chi connectivity index (χ1n) is 5.73. The molecule has 2 rings (SSSR count). The number of anilines is 1. The van der Waals surface area contributed by atoms with Crippen LogP contribution in [0.1, 0.15) is 5.56 Å². The van der Waals surface area contributed by atoms with Crippen molar-refractivity contribution in [3.63, 3.8) is 0 Å². The van der Waals surface area contributed by atoms with Gasteiger partial charge in [-0.25, -0.2) is 0 Å². The maximum Gasteiger partial charge on any atom is 0.293 e. The molecule has 1 aromatic carbocycles. The van der Waals surface area contributed by atoms with Crippen LogP contribution >= 0.6 is 11.6 Å². The summed E-state index contributed by atoms with van der Waals surface area (Å²) >= 11 is 5.75. The topological polar surface area (TPSA) is 68.1 Å². The summed E-state index contributed by atoms with van der Waals surface area (Å²) in [5.41, 5.74) is 1.53. The number of aromatic nitrogens is 1. The lowest BCUT2D eigenvalue weighted by atomic mass is 10.2. The lowest BCUT2D eigenvalue weighted by molar-refractivity contribution is -0.383. The minimum Gasteiger partial charge on any atom is -0.379 e. The van der Waals surface area contributed by atoms with Gasteiger partial charge in [-0.3, -0.25) is 15.1 Å². The Kier molecular flexibility index (Phi) is 4.30. The van der Waals surface area contributed by atoms with Gasteiger partial charge in [-0.15, -0.1) is 0 Å². The standard InChI is InChI=1S/C13H12ClN3O2/c14-11-3-4-12(13(8-11)17(18)19)16-7-5-10-2-1-6-15-9-10/h1-4,6,8-9,16H,5,7H2. The van der Waals surface area contributed by atoms with Crippen molar-refractivity contribution in [3.8, 4) is 0 Å². The first-order valence-corrected chi connectivity index (χ1v) is 6.11. The van der Waals surface area contributed by atoms with Crippen LogP contribution in [0.15, 0.2) is 42.7 Å². The van der Waals surface area contributed by atoms with Crippen molar-refractivity contribution in [3.05, 3.63) is 63.4 Å². The zero-order valence-electron chi connectivity index (χ0n) is 10.0. The summed E-state index contributed by atoms with van der Waals surface area (Å²) in [6, 6.07) is 8.41. The Morgan fingerprint density at radius 3 is 2.89 bits per heavy atom. The molecule has 0 radical (unpaired) electrons. The number of hydrogen-bond donors (Lipinski definition) is 1. The molecule has 0 fully saturated rings. The second kappa shape index (κ2) is 6.15. The summed E-state index contributed by atoms with van der Waals surface area (Å²) in [6.07, 6.45) is 4.23. The minimum absolute atomic E-state index is 0.0151. The van der Waals surface area contributed by atoms with Crippen molar-refractivity contribution in [1.29, 1.82) is 0 Å². The minimum atomic E-state index is -0.446. The van der Waals surface area contributed by atoms with Gasteiger partial charge >= 0.3 is 0 Å². The van der Waals surface area contributed by atoms with Gasteiger partial charge in [-0.2, -0.15) is 0 Å². The summed E-state index contributed by atoms with van der Waals surface area (Å²) in [5, 5.41) is 14.3. The molecular weight excluding hydrogens is 266 g/mol. The third kappa shape index (κ3) is 3.66. The molecule has 1 heterocycles. The number of halogens is 1. The molecule has 0 saturated heterocycles. The number of rotatable bonds is 5. The van der Waals surface area contributed by atoms with E-state index in [4.69, 9.17) is 11.6 Å². The Morgan fingerprint density at radius 2 is 2.21 bits per heavy atom. The van der Waals surface area contributed by atoms with Gasteiger partial charge in [0.05, 0.1) is 4.92 Å². The van der Waals surface area contributed by atoms with E-state index in [1.807, 2.05) is 12.1 Å². The zero-order chi connectivity index (χ0) is 13.7. The average molecular weight is 278 g/mol. The summed E-state index contributed by atoms with van der Waals surface area (Å²) in [5.74, 6) is 0. The molecular formula is C13H12ClN3O2. The largest absolute Gasteiger partial charge is 0.379 e. The van der Waals surface area contributed by atoms with E-state index in [1.54, 1.807) is 24.5 Å². The first kappa shape index (κ1) is 13.3. The number of benzene rings is 1. The van der Waals surface area contributed by atoms with Gasteiger partial charge in [-0.05, 0) is 30.2 Å². The van der Waals surface area contributed by atoms with Crippen molar-refractivity contribution in [2.75, 3.05) is 11.9 Å². The molecule has 0 saturated carbocycles. The van der Waals surface area contributed by atoms with Crippen LogP contribution < -0.4 is 5.32 Å². The monoisotopic (exact) mass is 277 g/mol. The molecule has 1 N–H and O–H groups in total. The smallest absolute Gasteiger partial charge is 0.293 e. The fourth-order valence-corrected chi connectivity index (χ4v) is 1.86. The summed E-state index contributed by atoms with van der Waals surface area (Å²) in [7, 11) is 0. The van der Waals surface area contributed by atoms with Crippen molar-refractivity contribution in [2.45, 2.75) is 6.42 Å². The average Bonchev–Trinajstić information content (AvgIpc) is 2.41. The Bertz CT molecular complexity index is 575. The fraction of sp³-hybridized carbons (Fsp3) is 0.154. The quantitative estimate of drug-likeness (QED) is 0.672. The lowest BCUT2D eigenvalue weighted by Crippen LogP contribution is -2.07. The van der Waals surface area contributed by atoms with Crippen LogP contribution in [0.3, 0.4) is 0 Å². The van der Waals surface area contributed by atoms with E-state index in [1.165, 1.54) is 6.07 Å². The van der Waals surface area contributed by atoms with Crippen LogP contribution in [-0.2, 0) is 6.42 Å². The third-order valence-electron chi connectivity index (χ3n) is 2.61. The van der Waals surface area contributed by atoms with Crippen LogP contribution in [-0.4, -0.2) is 16.5 Å². The molecule has 0 aliphatic carbocycles. The second-order valence-electron chi connectivity index (χ2n) is 3.96. The molecule has 2 aromatic rings. The highest BCUT2D eigenvalue weighted by atomic mass is 35.5. The Morgan fingerprint density at radius 1 is 1.37 bits per heavy atom. The molecule has 0 aliphatic rings. The van der Waals surface area contributed by atoms with Crippen LogP contribution in [0, 0.1) is 10.1 Å². The van der Waals surface area contributed by atoms with Crippen LogP contribution in [0.25, 0.3) is 0 Å². The molecule has 0 aliphatic heterocycles. The molecule has 5 nitrogen and oxygen atoms in total. The molecule has 0 atom stereocenters. The van der Waals surface area contributed by atoms with Crippen molar-refractivity contribution in [1.82, 2.24) is 4.98 Å². The van der Waals surface area contributed by atoms with E-state index in [-0.39, 0.29) is 5.69 Å². The number of nitro groups is 1. The Hall–Kier alpha value is -2.14. The molecule has 0 unspecified atom stereocenters. The molecule has 0 amide bonds. The van der Waals surface area contributed by atoms with Gasteiger partial charge < -0.3 is 5.32 Å². The van der Waals surface area contributed by atoms with Gasteiger partial charge in [0, 0.05) is 30.0 Å². The summed E-state index contributed by atoms with van der Waals surface area (Å²) in [6.45, 7) is 0.591. The number of nitro benzene ring substituents is 1. The van der Waals surface area contributed by atoms with Crippen molar-refractivity contribution >= 4 is 23.0 Å². The number of nitrogens with one attached hydrogen (secondary N) is 1. The number of nitrogens with zero attached hydrogens (tertiary/aromatic N) is 2. The van der Waals surface area contributed by atoms with Crippen molar-refractivity contribution < 1.29 is 4.92 Å². The lowest BCUT2D eigenvalue weighted by Gasteiger charge is -2.07. The highest BCUT2D eigenvalue weighted by Gasteiger charge is 2.13. The fourth-order valence-electron chi connectivity index (χ4n) is 1.69. The van der Waals surface area contributed by atoms with Gasteiger partial charge in [0.15, 0.2) is 0 Å². The Labute approximate surface area is 115 Å². The maximum absolute atomic E-state index is 10.9. The molecule has 6 heteroatoms. The van der Waals surface area contributed by atoms with Gasteiger partial charge in [0.25, 0.3) is 5.69 Å². The van der Waals surface area contributed by atoms with E-state index < -0.39 is 4.92 Å². The predicted octanol–water partition coefficient (Wildman–Crippen LogP) is 3.30. The van der Waals surface area contributed by atoms with Crippen molar-refractivity contribution in [2.24, 2.45) is 0 Å². The zero-order valence-corrected chi connectivity index (χ0v) is 10.8. The Balaban J connectivity index is 2.02. The highest BCUT2D eigenvalue weighted by molar-refractivity contribution is 6.30. The van der Waals surface area contributed by atoms with Gasteiger partial charge in [-0.1, -0.05) is 17.7 Å². The molecule has 98 valence electrons. The van der Waals surface area contributed by atoms with Crippen LogP contribution in [0.5, 0.6) is 0 Å². The SMILES string of the molecule is O=[N+]([O-])c1cc(Cl)ccc1NCCc1cccnc1. The normalized spacial score (nSPS) is 10.2. The second-order valence-corrected chi connectivity index (χ2v) is 4.39. The molecule has 0 bridgehead atoms.